The third-order valence-electron chi connectivity index (χ3n) is 2.46. The van der Waals surface area contributed by atoms with Crippen LogP contribution >= 0.6 is 0 Å². The molecule has 1 aromatic carbocycles. The molecule has 0 spiro atoms. The number of para-hydroxylation sites is 1. The van der Waals surface area contributed by atoms with Gasteiger partial charge in [-0.05, 0) is 12.1 Å². The lowest BCUT2D eigenvalue weighted by Gasteiger charge is -2.08. The summed E-state index contributed by atoms with van der Waals surface area (Å²) in [4.78, 5) is 3.44. The number of benzene rings is 1. The maximum absolute atomic E-state index is 12.5. The second-order valence-electron chi connectivity index (χ2n) is 3.87. The Morgan fingerprint density at radius 3 is 2.60 bits per heavy atom. The zero-order valence-corrected chi connectivity index (χ0v) is 10.6. The molecule has 0 bridgehead atoms. The molecule has 0 radical (unpaired) electrons. The van der Waals surface area contributed by atoms with Crippen molar-refractivity contribution in [2.45, 2.75) is 6.18 Å². The van der Waals surface area contributed by atoms with Crippen molar-refractivity contribution in [3.8, 4) is 17.2 Å². The van der Waals surface area contributed by atoms with Crippen LogP contribution in [0.3, 0.4) is 0 Å². The number of rotatable bonds is 5. The number of hydrogen-bond acceptors (Lipinski definition) is 4. The van der Waals surface area contributed by atoms with Crippen LogP contribution in [0.4, 0.5) is 13.2 Å². The molecule has 108 valence electrons. The van der Waals surface area contributed by atoms with Gasteiger partial charge in [-0.2, -0.15) is 13.2 Å². The Kier molecular flexibility index (Phi) is 4.29. The molecule has 0 saturated heterocycles. The van der Waals surface area contributed by atoms with Crippen molar-refractivity contribution in [1.82, 2.24) is 4.98 Å². The van der Waals surface area contributed by atoms with Gasteiger partial charge in [-0.25, -0.2) is 4.98 Å². The number of oxazole rings is 1. The number of nitrogens with zero attached hydrogens (tertiary/aromatic N) is 1. The van der Waals surface area contributed by atoms with Gasteiger partial charge in [0, 0.05) is 7.11 Å². The summed E-state index contributed by atoms with van der Waals surface area (Å²) in [5.41, 5.74) is -0.710. The lowest BCUT2D eigenvalue weighted by atomic mass is 10.2. The average molecular weight is 287 g/mol. The summed E-state index contributed by atoms with van der Waals surface area (Å²) in [7, 11) is 1.53. The molecule has 0 fully saturated rings. The van der Waals surface area contributed by atoms with E-state index in [4.69, 9.17) is 13.9 Å². The Balaban J connectivity index is 2.26. The molecular formula is C13H12F3NO3. The van der Waals surface area contributed by atoms with E-state index in [-0.39, 0.29) is 12.5 Å². The van der Waals surface area contributed by atoms with Gasteiger partial charge in [-0.3, -0.25) is 0 Å². The largest absolute Gasteiger partial charge is 0.490 e. The maximum Gasteiger partial charge on any atom is 0.436 e. The highest BCUT2D eigenvalue weighted by Crippen LogP contribution is 2.34. The molecule has 2 rings (SSSR count). The topological polar surface area (TPSA) is 44.5 Å². The van der Waals surface area contributed by atoms with E-state index in [1.54, 1.807) is 24.3 Å². The second-order valence-corrected chi connectivity index (χ2v) is 3.87. The van der Waals surface area contributed by atoms with Crippen LogP contribution in [0.25, 0.3) is 11.5 Å². The van der Waals surface area contributed by atoms with Crippen LogP contribution in [0.1, 0.15) is 5.69 Å². The molecule has 0 saturated carbocycles. The molecule has 0 aliphatic carbocycles. The SMILES string of the molecule is COCCOc1ccccc1-c1nc(C(F)(F)F)co1. The minimum atomic E-state index is -4.53. The van der Waals surface area contributed by atoms with Crippen LogP contribution in [0.5, 0.6) is 5.75 Å². The second kappa shape index (κ2) is 5.96. The van der Waals surface area contributed by atoms with Crippen molar-refractivity contribution < 1.29 is 27.1 Å². The third kappa shape index (κ3) is 3.30. The minimum Gasteiger partial charge on any atom is -0.490 e. The van der Waals surface area contributed by atoms with Crippen LogP contribution in [0.15, 0.2) is 34.9 Å². The molecular weight excluding hydrogens is 275 g/mol. The molecule has 1 aromatic heterocycles. The van der Waals surface area contributed by atoms with Crippen LogP contribution < -0.4 is 4.74 Å². The average Bonchev–Trinajstić information content (AvgIpc) is 2.89. The minimum absolute atomic E-state index is 0.134. The molecule has 0 atom stereocenters. The lowest BCUT2D eigenvalue weighted by molar-refractivity contribution is -0.141. The van der Waals surface area contributed by atoms with E-state index in [1.165, 1.54) is 7.11 Å². The summed E-state index contributed by atoms with van der Waals surface area (Å²) in [5.74, 6) is 0.255. The number of methoxy groups -OCH3 is 1. The van der Waals surface area contributed by atoms with Gasteiger partial charge in [0.1, 0.15) is 18.6 Å². The first kappa shape index (κ1) is 14.4. The Morgan fingerprint density at radius 2 is 1.95 bits per heavy atom. The summed E-state index contributed by atoms with van der Waals surface area (Å²) < 4.78 is 52.6. The molecule has 1 heterocycles. The summed E-state index contributed by atoms with van der Waals surface area (Å²) in [6.07, 6.45) is -3.95. The number of ether oxygens (including phenoxy) is 2. The normalized spacial score (nSPS) is 11.6. The quantitative estimate of drug-likeness (QED) is 0.791. The highest BCUT2D eigenvalue weighted by molar-refractivity contribution is 5.62. The summed E-state index contributed by atoms with van der Waals surface area (Å²) in [6, 6.07) is 6.58. The standard InChI is InChI=1S/C13H12F3NO3/c1-18-6-7-19-10-5-3-2-4-9(10)12-17-11(8-20-12)13(14,15)16/h2-5,8H,6-7H2,1H3. The van der Waals surface area contributed by atoms with Crippen LogP contribution in [0.2, 0.25) is 0 Å². The van der Waals surface area contributed by atoms with Gasteiger partial charge >= 0.3 is 6.18 Å². The van der Waals surface area contributed by atoms with Gasteiger partial charge in [0.15, 0.2) is 5.69 Å². The summed E-state index contributed by atoms with van der Waals surface area (Å²) in [5, 5.41) is 0. The van der Waals surface area contributed by atoms with E-state index in [2.05, 4.69) is 4.98 Å². The maximum atomic E-state index is 12.5. The van der Waals surface area contributed by atoms with E-state index < -0.39 is 11.9 Å². The van der Waals surface area contributed by atoms with Gasteiger partial charge in [-0.1, -0.05) is 12.1 Å². The Morgan fingerprint density at radius 1 is 1.20 bits per heavy atom. The Hall–Kier alpha value is -2.02. The van der Waals surface area contributed by atoms with Crippen molar-refractivity contribution in [2.24, 2.45) is 0 Å². The Bertz CT molecular complexity index is 566. The van der Waals surface area contributed by atoms with E-state index in [1.807, 2.05) is 0 Å². The molecule has 0 N–H and O–H groups in total. The van der Waals surface area contributed by atoms with Gasteiger partial charge in [0.25, 0.3) is 0 Å². The number of halogens is 3. The summed E-state index contributed by atoms with van der Waals surface area (Å²) >= 11 is 0. The lowest BCUT2D eigenvalue weighted by Crippen LogP contribution is -2.06. The number of hydrogen-bond donors (Lipinski definition) is 0. The van der Waals surface area contributed by atoms with Crippen molar-refractivity contribution in [1.29, 1.82) is 0 Å². The van der Waals surface area contributed by atoms with E-state index in [9.17, 15) is 13.2 Å². The van der Waals surface area contributed by atoms with Crippen LogP contribution in [0, 0.1) is 0 Å². The molecule has 0 unspecified atom stereocenters. The fourth-order valence-electron chi connectivity index (χ4n) is 1.53. The fraction of sp³-hybridized carbons (Fsp3) is 0.308. The first-order valence-electron chi connectivity index (χ1n) is 5.76. The van der Waals surface area contributed by atoms with Gasteiger partial charge < -0.3 is 13.9 Å². The highest BCUT2D eigenvalue weighted by atomic mass is 19.4. The predicted octanol–water partition coefficient (Wildman–Crippen LogP) is 3.39. The molecule has 0 amide bonds. The van der Waals surface area contributed by atoms with Gasteiger partial charge in [-0.15, -0.1) is 0 Å². The molecule has 0 aliphatic heterocycles. The molecule has 0 aliphatic rings. The summed E-state index contributed by atoms with van der Waals surface area (Å²) in [6.45, 7) is 0.647. The van der Waals surface area contributed by atoms with Crippen molar-refractivity contribution in [3.05, 3.63) is 36.2 Å². The van der Waals surface area contributed by atoms with E-state index >= 15 is 0 Å². The van der Waals surface area contributed by atoms with Crippen LogP contribution in [-0.2, 0) is 10.9 Å². The molecule has 4 nitrogen and oxygen atoms in total. The zero-order chi connectivity index (χ0) is 14.6. The smallest absolute Gasteiger partial charge is 0.436 e. The number of alkyl halides is 3. The van der Waals surface area contributed by atoms with Crippen molar-refractivity contribution in [3.63, 3.8) is 0 Å². The molecule has 2 aromatic rings. The predicted molar refractivity (Wildman–Crippen MR) is 64.3 cm³/mol. The molecule has 7 heteroatoms. The monoisotopic (exact) mass is 287 g/mol. The fourth-order valence-corrected chi connectivity index (χ4v) is 1.53. The first-order chi connectivity index (χ1) is 9.52. The zero-order valence-electron chi connectivity index (χ0n) is 10.6. The molecule has 20 heavy (non-hydrogen) atoms. The number of aromatic nitrogens is 1. The Labute approximate surface area is 113 Å². The van der Waals surface area contributed by atoms with Gasteiger partial charge in [0.2, 0.25) is 5.89 Å². The van der Waals surface area contributed by atoms with Crippen molar-refractivity contribution in [2.75, 3.05) is 20.3 Å². The van der Waals surface area contributed by atoms with E-state index in [0.29, 0.717) is 24.2 Å². The van der Waals surface area contributed by atoms with Crippen LogP contribution in [-0.4, -0.2) is 25.3 Å². The highest BCUT2D eigenvalue weighted by Gasteiger charge is 2.35. The van der Waals surface area contributed by atoms with E-state index in [0.717, 1.165) is 0 Å². The van der Waals surface area contributed by atoms with Crippen molar-refractivity contribution >= 4 is 0 Å². The third-order valence-corrected chi connectivity index (χ3v) is 2.46. The van der Waals surface area contributed by atoms with Gasteiger partial charge in [0.05, 0.1) is 12.2 Å². The first-order valence-corrected chi connectivity index (χ1v) is 5.76.